The summed E-state index contributed by atoms with van der Waals surface area (Å²) in [6, 6.07) is 3.25. The van der Waals surface area contributed by atoms with Crippen molar-refractivity contribution in [2.24, 2.45) is 16.6 Å². The molecule has 0 aliphatic carbocycles. The van der Waals surface area contributed by atoms with E-state index in [1.165, 1.54) is 12.1 Å². The summed E-state index contributed by atoms with van der Waals surface area (Å²) < 4.78 is 36.1. The SMILES string of the molecule is CS(=O)(=O)c1ccc(N=C(N)C(C=N)C=N)c(F)c1. The smallest absolute Gasteiger partial charge is 0.175 e. The lowest BCUT2D eigenvalue weighted by Gasteiger charge is -2.06. The van der Waals surface area contributed by atoms with Gasteiger partial charge in [0.25, 0.3) is 0 Å². The highest BCUT2D eigenvalue weighted by molar-refractivity contribution is 7.90. The lowest BCUT2D eigenvalue weighted by Crippen LogP contribution is -2.25. The van der Waals surface area contributed by atoms with Crippen LogP contribution in [0.4, 0.5) is 10.1 Å². The molecule has 6 nitrogen and oxygen atoms in total. The quantitative estimate of drug-likeness (QED) is 0.555. The number of amidine groups is 1. The van der Waals surface area contributed by atoms with Crippen LogP contribution in [0.25, 0.3) is 0 Å². The van der Waals surface area contributed by atoms with Gasteiger partial charge in [0, 0.05) is 18.7 Å². The van der Waals surface area contributed by atoms with Gasteiger partial charge in [-0.2, -0.15) is 0 Å². The Morgan fingerprint density at radius 3 is 2.42 bits per heavy atom. The molecule has 0 heterocycles. The molecular weight excluding hydrogens is 271 g/mol. The van der Waals surface area contributed by atoms with Crippen molar-refractivity contribution in [1.82, 2.24) is 0 Å². The van der Waals surface area contributed by atoms with Gasteiger partial charge in [-0.3, -0.25) is 0 Å². The zero-order valence-corrected chi connectivity index (χ0v) is 10.9. The lowest BCUT2D eigenvalue weighted by molar-refractivity contribution is 0.596. The predicted molar refractivity (Wildman–Crippen MR) is 71.8 cm³/mol. The first-order valence-corrected chi connectivity index (χ1v) is 7.03. The molecule has 8 heteroatoms. The molecule has 0 spiro atoms. The summed E-state index contributed by atoms with van der Waals surface area (Å²) in [5.41, 5.74) is 5.39. The first-order valence-electron chi connectivity index (χ1n) is 5.14. The van der Waals surface area contributed by atoms with Gasteiger partial charge in [0.05, 0.1) is 10.8 Å². The number of sulfone groups is 1. The maximum atomic E-state index is 13.7. The zero-order valence-electron chi connectivity index (χ0n) is 10.1. The normalized spacial score (nSPS) is 13.9. The molecule has 0 saturated heterocycles. The van der Waals surface area contributed by atoms with Crippen molar-refractivity contribution in [2.45, 2.75) is 4.90 Å². The summed E-state index contributed by atoms with van der Waals surface area (Å²) in [5.74, 6) is -1.76. The fraction of sp³-hybridized carbons (Fsp3) is 0.182. The van der Waals surface area contributed by atoms with Crippen molar-refractivity contribution in [3.8, 4) is 0 Å². The van der Waals surface area contributed by atoms with Crippen LogP contribution in [-0.2, 0) is 9.84 Å². The summed E-state index contributed by atoms with van der Waals surface area (Å²) >= 11 is 0. The number of benzene rings is 1. The highest BCUT2D eigenvalue weighted by Gasteiger charge is 2.12. The van der Waals surface area contributed by atoms with Gasteiger partial charge in [0.1, 0.15) is 17.3 Å². The van der Waals surface area contributed by atoms with Crippen LogP contribution in [-0.4, -0.2) is 32.9 Å². The molecule has 1 rings (SSSR count). The molecule has 102 valence electrons. The fourth-order valence-corrected chi connectivity index (χ4v) is 1.87. The molecule has 0 amide bonds. The number of hydrogen-bond acceptors (Lipinski definition) is 5. The van der Waals surface area contributed by atoms with Crippen LogP contribution in [0.3, 0.4) is 0 Å². The maximum Gasteiger partial charge on any atom is 0.175 e. The second-order valence-electron chi connectivity index (χ2n) is 3.78. The molecule has 0 aliphatic heterocycles. The van der Waals surface area contributed by atoms with E-state index in [0.29, 0.717) is 0 Å². The Hall–Kier alpha value is -2.09. The number of nitrogens with one attached hydrogen (secondary N) is 2. The minimum absolute atomic E-state index is 0.115. The number of hydrogen-bond donors (Lipinski definition) is 3. The number of halogens is 1. The number of nitrogens with two attached hydrogens (primary N) is 1. The summed E-state index contributed by atoms with van der Waals surface area (Å²) in [4.78, 5) is 3.59. The molecule has 0 aromatic heterocycles. The monoisotopic (exact) mass is 284 g/mol. The molecule has 0 radical (unpaired) electrons. The van der Waals surface area contributed by atoms with E-state index in [0.717, 1.165) is 24.8 Å². The molecule has 0 unspecified atom stereocenters. The van der Waals surface area contributed by atoms with Crippen LogP contribution in [0, 0.1) is 22.6 Å². The van der Waals surface area contributed by atoms with E-state index < -0.39 is 21.6 Å². The minimum Gasteiger partial charge on any atom is -0.386 e. The van der Waals surface area contributed by atoms with E-state index in [1.54, 1.807) is 0 Å². The lowest BCUT2D eigenvalue weighted by atomic mass is 10.1. The molecule has 4 N–H and O–H groups in total. The topological polar surface area (TPSA) is 120 Å². The molecule has 0 fully saturated rings. The van der Waals surface area contributed by atoms with E-state index in [2.05, 4.69) is 4.99 Å². The highest BCUT2D eigenvalue weighted by atomic mass is 32.2. The van der Waals surface area contributed by atoms with Crippen LogP contribution in [0.5, 0.6) is 0 Å². The second-order valence-corrected chi connectivity index (χ2v) is 5.80. The van der Waals surface area contributed by atoms with Crippen LogP contribution in [0.1, 0.15) is 0 Å². The molecule has 0 aliphatic rings. The van der Waals surface area contributed by atoms with E-state index >= 15 is 0 Å². The van der Waals surface area contributed by atoms with Gasteiger partial charge in [-0.15, -0.1) is 0 Å². The van der Waals surface area contributed by atoms with Crippen LogP contribution in [0.2, 0.25) is 0 Å². The Morgan fingerprint density at radius 1 is 1.42 bits per heavy atom. The summed E-state index contributed by atoms with van der Waals surface area (Å²) in [5, 5.41) is 14.0. The van der Waals surface area contributed by atoms with Crippen molar-refractivity contribution >= 4 is 33.8 Å². The van der Waals surface area contributed by atoms with E-state index in [-0.39, 0.29) is 16.4 Å². The van der Waals surface area contributed by atoms with Gasteiger partial charge in [-0.05, 0) is 18.2 Å². The Labute approximate surface area is 110 Å². The van der Waals surface area contributed by atoms with Crippen molar-refractivity contribution in [2.75, 3.05) is 6.26 Å². The first kappa shape index (κ1) is 15.0. The molecule has 19 heavy (non-hydrogen) atoms. The third-order valence-corrected chi connectivity index (χ3v) is 3.41. The Morgan fingerprint density at radius 2 is 2.00 bits per heavy atom. The third kappa shape index (κ3) is 3.68. The van der Waals surface area contributed by atoms with Gasteiger partial charge in [0.2, 0.25) is 0 Å². The summed E-state index contributed by atoms with van der Waals surface area (Å²) in [7, 11) is -3.49. The Balaban J connectivity index is 3.21. The van der Waals surface area contributed by atoms with E-state index in [4.69, 9.17) is 16.6 Å². The maximum absolute atomic E-state index is 13.7. The first-order chi connectivity index (χ1) is 8.79. The van der Waals surface area contributed by atoms with E-state index in [9.17, 15) is 12.8 Å². The number of nitrogens with zero attached hydrogens (tertiary/aromatic N) is 1. The fourth-order valence-electron chi connectivity index (χ4n) is 1.24. The zero-order chi connectivity index (χ0) is 14.6. The molecule has 0 atom stereocenters. The van der Waals surface area contributed by atoms with Crippen molar-refractivity contribution < 1.29 is 12.8 Å². The molecule has 1 aromatic rings. The van der Waals surface area contributed by atoms with Crippen LogP contribution in [0.15, 0.2) is 28.1 Å². The average Bonchev–Trinajstić information content (AvgIpc) is 2.32. The largest absolute Gasteiger partial charge is 0.386 e. The molecule has 0 saturated carbocycles. The van der Waals surface area contributed by atoms with Gasteiger partial charge >= 0.3 is 0 Å². The standard InChI is InChI=1S/C11H13FN4O2S/c1-19(17,18)8-2-3-10(9(12)4-8)16-11(15)7(5-13)6-14/h2-7,13-14H,1H3,(H2,15,16). The van der Waals surface area contributed by atoms with Gasteiger partial charge in [0.15, 0.2) is 9.84 Å². The minimum atomic E-state index is -3.49. The van der Waals surface area contributed by atoms with Crippen molar-refractivity contribution in [3.63, 3.8) is 0 Å². The highest BCUT2D eigenvalue weighted by Crippen LogP contribution is 2.21. The van der Waals surface area contributed by atoms with Gasteiger partial charge in [-0.1, -0.05) is 0 Å². The molecular formula is C11H13FN4O2S. The van der Waals surface area contributed by atoms with Crippen molar-refractivity contribution in [1.29, 1.82) is 10.8 Å². The summed E-state index contributed by atoms with van der Waals surface area (Å²) in [6.45, 7) is 0. The third-order valence-electron chi connectivity index (χ3n) is 2.30. The Kier molecular flexibility index (Phi) is 4.49. The van der Waals surface area contributed by atoms with Crippen molar-refractivity contribution in [3.05, 3.63) is 24.0 Å². The summed E-state index contributed by atoms with van der Waals surface area (Å²) in [6.07, 6.45) is 2.77. The average molecular weight is 284 g/mol. The number of rotatable bonds is 5. The van der Waals surface area contributed by atoms with E-state index in [1.807, 2.05) is 0 Å². The van der Waals surface area contributed by atoms with Gasteiger partial charge in [-0.25, -0.2) is 17.8 Å². The molecule has 0 bridgehead atoms. The predicted octanol–water partition coefficient (Wildman–Crippen LogP) is 1.13. The van der Waals surface area contributed by atoms with Crippen LogP contribution >= 0.6 is 0 Å². The second kappa shape index (κ2) is 5.70. The molecule has 1 aromatic carbocycles. The van der Waals surface area contributed by atoms with Crippen LogP contribution < -0.4 is 5.73 Å². The number of aliphatic imine (C=N–C) groups is 1. The van der Waals surface area contributed by atoms with Gasteiger partial charge < -0.3 is 16.6 Å². The Bertz CT molecular complexity index is 632.